The summed E-state index contributed by atoms with van der Waals surface area (Å²) in [5, 5.41) is 0.874. The minimum Gasteiger partial charge on any atom is -0.229 e. The van der Waals surface area contributed by atoms with E-state index in [1.807, 2.05) is 0 Å². The summed E-state index contributed by atoms with van der Waals surface area (Å²) in [4.78, 5) is 0. The minimum absolute atomic E-state index is 0.309. The number of rotatable bonds is 5. The third-order valence-electron chi connectivity index (χ3n) is 4.28. The molecule has 0 bridgehead atoms. The zero-order valence-corrected chi connectivity index (χ0v) is 14.6. The summed E-state index contributed by atoms with van der Waals surface area (Å²) in [5.74, 6) is 2.01. The molecule has 2 atom stereocenters. The van der Waals surface area contributed by atoms with Crippen molar-refractivity contribution in [1.82, 2.24) is 0 Å². The Morgan fingerprint density at radius 1 is 1.25 bits per heavy atom. The molecule has 0 aliphatic carbocycles. The second kappa shape index (κ2) is 6.61. The molecule has 0 radical (unpaired) electrons. The molecule has 0 N–H and O–H groups in total. The maximum absolute atomic E-state index is 11.6. The lowest BCUT2D eigenvalue weighted by Gasteiger charge is -2.20. The predicted molar refractivity (Wildman–Crippen MR) is 88.3 cm³/mol. The number of benzene rings is 1. The van der Waals surface area contributed by atoms with Crippen LogP contribution in [0.4, 0.5) is 0 Å². The average Bonchev–Trinajstić information content (AvgIpc) is 2.76. The highest BCUT2D eigenvalue weighted by Gasteiger charge is 2.33. The molecule has 1 fully saturated rings. The average molecular weight is 359 g/mol. The first-order chi connectivity index (χ1) is 9.41. The molecule has 1 aliphatic heterocycles. The standard InChI is InChI=1S/C16H23BrO2S/c1-12(2)14-5-3-13(4-6-14)9-16(10-17)15-7-8-20(18,19)11-15/h3-6,12,15-16H,7-11H2,1-2H3. The van der Waals surface area contributed by atoms with Gasteiger partial charge < -0.3 is 0 Å². The maximum atomic E-state index is 11.6. The smallest absolute Gasteiger partial charge is 0.150 e. The number of alkyl halides is 1. The van der Waals surface area contributed by atoms with E-state index in [0.29, 0.717) is 29.3 Å². The van der Waals surface area contributed by atoms with E-state index in [1.54, 1.807) is 0 Å². The Balaban J connectivity index is 2.03. The van der Waals surface area contributed by atoms with Crippen molar-refractivity contribution >= 4 is 25.8 Å². The first-order valence-electron chi connectivity index (χ1n) is 7.26. The molecule has 2 rings (SSSR count). The molecule has 1 saturated heterocycles. The van der Waals surface area contributed by atoms with Gasteiger partial charge in [0, 0.05) is 5.33 Å². The molecule has 0 saturated carbocycles. The van der Waals surface area contributed by atoms with Crippen LogP contribution in [0.3, 0.4) is 0 Å². The summed E-state index contributed by atoms with van der Waals surface area (Å²) in [6.45, 7) is 4.39. The van der Waals surface area contributed by atoms with E-state index >= 15 is 0 Å². The van der Waals surface area contributed by atoms with Gasteiger partial charge in [-0.15, -0.1) is 0 Å². The van der Waals surface area contributed by atoms with Crippen LogP contribution in [0.15, 0.2) is 24.3 Å². The Morgan fingerprint density at radius 3 is 2.35 bits per heavy atom. The normalized spacial score (nSPS) is 23.1. The van der Waals surface area contributed by atoms with Gasteiger partial charge in [-0.05, 0) is 41.7 Å². The van der Waals surface area contributed by atoms with Crippen LogP contribution in [0.2, 0.25) is 0 Å². The van der Waals surface area contributed by atoms with Crippen LogP contribution in [0.1, 0.15) is 37.3 Å². The van der Waals surface area contributed by atoms with E-state index in [0.717, 1.165) is 18.2 Å². The molecular weight excluding hydrogens is 336 g/mol. The van der Waals surface area contributed by atoms with Crippen molar-refractivity contribution in [2.24, 2.45) is 11.8 Å². The Labute approximate surface area is 131 Å². The summed E-state index contributed by atoms with van der Waals surface area (Å²) in [5.41, 5.74) is 2.66. The molecule has 112 valence electrons. The second-order valence-corrected chi connectivity index (χ2v) is 9.05. The van der Waals surface area contributed by atoms with Gasteiger partial charge >= 0.3 is 0 Å². The highest BCUT2D eigenvalue weighted by molar-refractivity contribution is 9.09. The summed E-state index contributed by atoms with van der Waals surface area (Å²) in [6, 6.07) is 8.76. The number of halogens is 1. The topological polar surface area (TPSA) is 34.1 Å². The van der Waals surface area contributed by atoms with E-state index in [2.05, 4.69) is 54.0 Å². The van der Waals surface area contributed by atoms with Gasteiger partial charge in [-0.3, -0.25) is 0 Å². The third kappa shape index (κ3) is 4.08. The molecule has 20 heavy (non-hydrogen) atoms. The third-order valence-corrected chi connectivity index (χ3v) is 6.90. The van der Waals surface area contributed by atoms with Crippen LogP contribution in [-0.4, -0.2) is 25.3 Å². The van der Waals surface area contributed by atoms with Crippen LogP contribution >= 0.6 is 15.9 Å². The number of hydrogen-bond donors (Lipinski definition) is 0. The van der Waals surface area contributed by atoms with Gasteiger partial charge in [0.2, 0.25) is 0 Å². The first-order valence-corrected chi connectivity index (χ1v) is 10.2. The molecular formula is C16H23BrO2S. The van der Waals surface area contributed by atoms with E-state index in [9.17, 15) is 8.42 Å². The maximum Gasteiger partial charge on any atom is 0.150 e. The molecule has 1 aromatic carbocycles. The van der Waals surface area contributed by atoms with Crippen molar-refractivity contribution in [2.75, 3.05) is 16.8 Å². The monoisotopic (exact) mass is 358 g/mol. The fourth-order valence-electron chi connectivity index (χ4n) is 2.88. The Kier molecular flexibility index (Phi) is 5.30. The Hall–Kier alpha value is -0.350. The summed E-state index contributed by atoms with van der Waals surface area (Å²) in [7, 11) is -2.78. The minimum atomic E-state index is -2.78. The molecule has 0 amide bonds. The quantitative estimate of drug-likeness (QED) is 0.750. The summed E-state index contributed by atoms with van der Waals surface area (Å²) < 4.78 is 23.2. The molecule has 1 aliphatic rings. The van der Waals surface area contributed by atoms with Crippen molar-refractivity contribution in [2.45, 2.75) is 32.6 Å². The lowest BCUT2D eigenvalue weighted by Crippen LogP contribution is -2.20. The lowest BCUT2D eigenvalue weighted by molar-refractivity contribution is 0.402. The SMILES string of the molecule is CC(C)c1ccc(CC(CBr)C2CCS(=O)(=O)C2)cc1. The first kappa shape index (κ1) is 16.0. The van der Waals surface area contributed by atoms with E-state index < -0.39 is 9.84 Å². The molecule has 2 unspecified atom stereocenters. The lowest BCUT2D eigenvalue weighted by atomic mass is 9.87. The van der Waals surface area contributed by atoms with Gasteiger partial charge in [0.15, 0.2) is 9.84 Å². The highest BCUT2D eigenvalue weighted by atomic mass is 79.9. The molecule has 4 heteroatoms. The Bertz CT molecular complexity index is 534. The fourth-order valence-corrected chi connectivity index (χ4v) is 5.56. The van der Waals surface area contributed by atoms with E-state index in [1.165, 1.54) is 11.1 Å². The van der Waals surface area contributed by atoms with Crippen molar-refractivity contribution < 1.29 is 8.42 Å². The van der Waals surface area contributed by atoms with E-state index in [4.69, 9.17) is 0 Å². The van der Waals surface area contributed by atoms with Crippen LogP contribution in [0.25, 0.3) is 0 Å². The number of sulfone groups is 1. The van der Waals surface area contributed by atoms with Gasteiger partial charge in [0.25, 0.3) is 0 Å². The van der Waals surface area contributed by atoms with Crippen LogP contribution in [0, 0.1) is 11.8 Å². The summed E-state index contributed by atoms with van der Waals surface area (Å²) in [6.07, 6.45) is 1.78. The van der Waals surface area contributed by atoms with Gasteiger partial charge in [0.05, 0.1) is 11.5 Å². The number of hydrogen-bond acceptors (Lipinski definition) is 2. The van der Waals surface area contributed by atoms with Crippen LogP contribution < -0.4 is 0 Å². The molecule has 1 aromatic rings. The van der Waals surface area contributed by atoms with Crippen LogP contribution in [0.5, 0.6) is 0 Å². The Morgan fingerprint density at radius 2 is 1.90 bits per heavy atom. The predicted octanol–water partition coefficient (Wildman–Crippen LogP) is 3.80. The van der Waals surface area contributed by atoms with Gasteiger partial charge in [-0.1, -0.05) is 54.0 Å². The van der Waals surface area contributed by atoms with Crippen LogP contribution in [-0.2, 0) is 16.3 Å². The van der Waals surface area contributed by atoms with Gasteiger partial charge in [0.1, 0.15) is 0 Å². The van der Waals surface area contributed by atoms with Gasteiger partial charge in [-0.2, -0.15) is 0 Å². The van der Waals surface area contributed by atoms with E-state index in [-0.39, 0.29) is 0 Å². The zero-order chi connectivity index (χ0) is 14.8. The van der Waals surface area contributed by atoms with Gasteiger partial charge in [-0.25, -0.2) is 8.42 Å². The molecule has 0 aromatic heterocycles. The highest BCUT2D eigenvalue weighted by Crippen LogP contribution is 2.30. The fraction of sp³-hybridized carbons (Fsp3) is 0.625. The summed E-state index contributed by atoms with van der Waals surface area (Å²) >= 11 is 3.56. The molecule has 1 heterocycles. The molecule has 0 spiro atoms. The largest absolute Gasteiger partial charge is 0.229 e. The second-order valence-electron chi connectivity index (χ2n) is 6.18. The van der Waals surface area contributed by atoms with Crippen molar-refractivity contribution in [1.29, 1.82) is 0 Å². The molecule has 2 nitrogen and oxygen atoms in total. The zero-order valence-electron chi connectivity index (χ0n) is 12.2. The van der Waals surface area contributed by atoms with Crippen molar-refractivity contribution in [3.63, 3.8) is 0 Å². The van der Waals surface area contributed by atoms with Crippen molar-refractivity contribution in [3.05, 3.63) is 35.4 Å². The van der Waals surface area contributed by atoms with Crippen molar-refractivity contribution in [3.8, 4) is 0 Å².